The number of carbonyl (C=O) groups is 1. The Balaban J connectivity index is 1.36. The van der Waals surface area contributed by atoms with E-state index in [0.717, 1.165) is 29.5 Å². The summed E-state index contributed by atoms with van der Waals surface area (Å²) in [5.74, 6) is 0.325. The summed E-state index contributed by atoms with van der Waals surface area (Å²) in [6.45, 7) is 1.93. The van der Waals surface area contributed by atoms with Gasteiger partial charge in [-0.15, -0.1) is 5.10 Å². The normalized spacial score (nSPS) is 11.1. The van der Waals surface area contributed by atoms with Crippen LogP contribution in [0.15, 0.2) is 82.2 Å². The van der Waals surface area contributed by atoms with Crippen molar-refractivity contribution in [2.24, 2.45) is 0 Å². The second-order valence-electron chi connectivity index (χ2n) is 8.19. The molecule has 5 aromatic rings. The van der Waals surface area contributed by atoms with E-state index in [9.17, 15) is 9.59 Å². The van der Waals surface area contributed by atoms with E-state index in [0.29, 0.717) is 22.7 Å². The molecular weight excluding hydrogens is 444 g/mol. The summed E-state index contributed by atoms with van der Waals surface area (Å²) in [5, 5.41) is 11.2. The van der Waals surface area contributed by atoms with Crippen LogP contribution in [0.3, 0.4) is 0 Å². The Morgan fingerprint density at radius 2 is 1.83 bits per heavy atom. The molecular formula is C26H24N6O3. The number of hydrogen-bond acceptors (Lipinski definition) is 6. The quantitative estimate of drug-likeness (QED) is 0.366. The summed E-state index contributed by atoms with van der Waals surface area (Å²) in [4.78, 5) is 30.0. The number of aromatic nitrogens is 5. The molecule has 1 N–H and O–H groups in total. The molecule has 2 aromatic carbocycles. The van der Waals surface area contributed by atoms with Crippen LogP contribution in [0.25, 0.3) is 28.5 Å². The van der Waals surface area contributed by atoms with Gasteiger partial charge in [-0.1, -0.05) is 61.0 Å². The summed E-state index contributed by atoms with van der Waals surface area (Å²) in [7, 11) is 0. The van der Waals surface area contributed by atoms with Gasteiger partial charge in [-0.2, -0.15) is 4.98 Å². The van der Waals surface area contributed by atoms with E-state index in [1.807, 2.05) is 54.6 Å². The third-order valence-electron chi connectivity index (χ3n) is 5.65. The topological polar surface area (TPSA) is 107 Å². The van der Waals surface area contributed by atoms with E-state index in [2.05, 4.69) is 27.5 Å². The molecule has 9 nitrogen and oxygen atoms in total. The molecule has 3 aromatic heterocycles. The SMILES string of the molecule is CCCCc1ccc(NC(=O)Cn2nc3c(-c4nc(-c5ccccc5)no4)cccn3c2=O)cc1. The molecule has 0 unspecified atom stereocenters. The lowest BCUT2D eigenvalue weighted by atomic mass is 10.1. The molecule has 176 valence electrons. The molecule has 3 heterocycles. The average molecular weight is 469 g/mol. The van der Waals surface area contributed by atoms with Crippen molar-refractivity contribution in [1.82, 2.24) is 24.3 Å². The van der Waals surface area contributed by atoms with E-state index in [1.165, 1.54) is 9.96 Å². The Bertz CT molecular complexity index is 1520. The highest BCUT2D eigenvalue weighted by atomic mass is 16.5. The summed E-state index contributed by atoms with van der Waals surface area (Å²) in [5.41, 5.74) is 3.11. The molecule has 0 fully saturated rings. The lowest BCUT2D eigenvalue weighted by Gasteiger charge is -2.06. The van der Waals surface area contributed by atoms with Gasteiger partial charge in [-0.3, -0.25) is 4.79 Å². The van der Waals surface area contributed by atoms with E-state index in [1.54, 1.807) is 18.3 Å². The number of nitrogens with one attached hydrogen (secondary N) is 1. The zero-order chi connectivity index (χ0) is 24.2. The highest BCUT2D eigenvalue weighted by Crippen LogP contribution is 2.24. The molecule has 35 heavy (non-hydrogen) atoms. The Morgan fingerprint density at radius 3 is 2.60 bits per heavy atom. The fraction of sp³-hybridized carbons (Fsp3) is 0.192. The molecule has 0 aliphatic rings. The van der Waals surface area contributed by atoms with Gasteiger partial charge in [0.2, 0.25) is 11.7 Å². The number of rotatable bonds is 8. The van der Waals surface area contributed by atoms with Gasteiger partial charge in [0, 0.05) is 17.4 Å². The maximum atomic E-state index is 12.9. The number of amides is 1. The van der Waals surface area contributed by atoms with Crippen LogP contribution in [-0.2, 0) is 17.8 Å². The molecule has 0 aliphatic heterocycles. The van der Waals surface area contributed by atoms with Crippen LogP contribution in [-0.4, -0.2) is 30.2 Å². The van der Waals surface area contributed by atoms with E-state index in [4.69, 9.17) is 4.52 Å². The number of nitrogens with zero attached hydrogens (tertiary/aromatic N) is 5. The third kappa shape index (κ3) is 4.74. The van der Waals surface area contributed by atoms with Gasteiger partial charge >= 0.3 is 5.69 Å². The number of benzene rings is 2. The van der Waals surface area contributed by atoms with E-state index < -0.39 is 5.69 Å². The Labute approximate surface area is 201 Å². The number of hydrogen-bond donors (Lipinski definition) is 1. The largest absolute Gasteiger partial charge is 0.350 e. The third-order valence-corrected chi connectivity index (χ3v) is 5.65. The van der Waals surface area contributed by atoms with Crippen molar-refractivity contribution in [2.45, 2.75) is 32.7 Å². The van der Waals surface area contributed by atoms with Crippen molar-refractivity contribution in [3.63, 3.8) is 0 Å². The van der Waals surface area contributed by atoms with Gasteiger partial charge in [0.25, 0.3) is 5.89 Å². The Hall–Kier alpha value is -4.53. The van der Waals surface area contributed by atoms with Gasteiger partial charge in [-0.05, 0) is 42.7 Å². The summed E-state index contributed by atoms with van der Waals surface area (Å²) in [6, 6.07) is 20.6. The zero-order valence-electron chi connectivity index (χ0n) is 19.2. The van der Waals surface area contributed by atoms with Crippen molar-refractivity contribution in [2.75, 3.05) is 5.32 Å². The van der Waals surface area contributed by atoms with Gasteiger partial charge in [0.1, 0.15) is 6.54 Å². The van der Waals surface area contributed by atoms with Crippen molar-refractivity contribution in [3.05, 3.63) is 89.0 Å². The predicted molar refractivity (Wildman–Crippen MR) is 132 cm³/mol. The Morgan fingerprint density at radius 1 is 1.03 bits per heavy atom. The second kappa shape index (κ2) is 9.76. The summed E-state index contributed by atoms with van der Waals surface area (Å²) in [6.07, 6.45) is 4.86. The highest BCUT2D eigenvalue weighted by Gasteiger charge is 2.18. The molecule has 0 aliphatic carbocycles. The standard InChI is InChI=1S/C26H24N6O3/c1-2-3-8-18-12-14-20(15-13-18)27-22(33)17-32-26(34)31-16-7-11-21(24(31)29-32)25-28-23(30-35-25)19-9-5-4-6-10-19/h4-7,9-16H,2-3,8,17H2,1H3,(H,27,33). The maximum absolute atomic E-state index is 12.9. The number of anilines is 1. The Kier molecular flexibility index (Phi) is 6.21. The lowest BCUT2D eigenvalue weighted by Crippen LogP contribution is -2.28. The minimum atomic E-state index is -0.435. The zero-order valence-corrected chi connectivity index (χ0v) is 19.2. The summed E-state index contributed by atoms with van der Waals surface area (Å²) >= 11 is 0. The number of aryl methyl sites for hydroxylation is 1. The molecule has 0 atom stereocenters. The molecule has 1 amide bonds. The predicted octanol–water partition coefficient (Wildman–Crippen LogP) is 4.19. The van der Waals surface area contributed by atoms with Crippen LogP contribution < -0.4 is 11.0 Å². The number of unbranched alkanes of at least 4 members (excludes halogenated alkanes) is 1. The maximum Gasteiger partial charge on any atom is 0.350 e. The number of fused-ring (bicyclic) bond motifs is 1. The summed E-state index contributed by atoms with van der Waals surface area (Å²) < 4.78 is 7.93. The first-order valence-electron chi connectivity index (χ1n) is 11.5. The van der Waals surface area contributed by atoms with Crippen LogP contribution in [0.1, 0.15) is 25.3 Å². The van der Waals surface area contributed by atoms with Crippen molar-refractivity contribution >= 4 is 17.2 Å². The molecule has 0 radical (unpaired) electrons. The average Bonchev–Trinajstić information content (AvgIpc) is 3.49. The molecule has 0 bridgehead atoms. The smallest absolute Gasteiger partial charge is 0.333 e. The van der Waals surface area contributed by atoms with Crippen LogP contribution in [0, 0.1) is 0 Å². The van der Waals surface area contributed by atoms with Crippen molar-refractivity contribution in [3.8, 4) is 22.8 Å². The van der Waals surface area contributed by atoms with E-state index >= 15 is 0 Å². The highest BCUT2D eigenvalue weighted by molar-refractivity contribution is 5.90. The lowest BCUT2D eigenvalue weighted by molar-refractivity contribution is -0.117. The van der Waals surface area contributed by atoms with Crippen LogP contribution in [0.4, 0.5) is 5.69 Å². The first-order valence-corrected chi connectivity index (χ1v) is 11.5. The minimum Gasteiger partial charge on any atom is -0.333 e. The van der Waals surface area contributed by atoms with Gasteiger partial charge in [-0.25, -0.2) is 13.9 Å². The van der Waals surface area contributed by atoms with Gasteiger partial charge < -0.3 is 9.84 Å². The molecule has 0 saturated heterocycles. The monoisotopic (exact) mass is 468 g/mol. The molecule has 0 saturated carbocycles. The van der Waals surface area contributed by atoms with Crippen molar-refractivity contribution in [1.29, 1.82) is 0 Å². The first-order chi connectivity index (χ1) is 17.1. The second-order valence-corrected chi connectivity index (χ2v) is 8.19. The first kappa shape index (κ1) is 22.3. The molecule has 5 rings (SSSR count). The van der Waals surface area contributed by atoms with Gasteiger partial charge in [0.15, 0.2) is 5.65 Å². The minimum absolute atomic E-state index is 0.226. The molecule has 9 heteroatoms. The number of pyridine rings is 1. The molecule has 0 spiro atoms. The van der Waals surface area contributed by atoms with E-state index in [-0.39, 0.29) is 18.3 Å². The van der Waals surface area contributed by atoms with Crippen molar-refractivity contribution < 1.29 is 9.32 Å². The van der Waals surface area contributed by atoms with Crippen LogP contribution in [0.2, 0.25) is 0 Å². The van der Waals surface area contributed by atoms with Crippen LogP contribution >= 0.6 is 0 Å². The van der Waals surface area contributed by atoms with Gasteiger partial charge in [0.05, 0.1) is 5.56 Å². The fourth-order valence-electron chi connectivity index (χ4n) is 3.82. The number of carbonyl (C=O) groups excluding carboxylic acids is 1. The fourth-order valence-corrected chi connectivity index (χ4v) is 3.82. The van der Waals surface area contributed by atoms with Crippen LogP contribution in [0.5, 0.6) is 0 Å².